The molecular weight excluding hydrogens is 207 g/mol. The zero-order valence-corrected chi connectivity index (χ0v) is 8.65. The van der Waals surface area contributed by atoms with Crippen LogP contribution in [-0.2, 0) is 0 Å². The van der Waals surface area contributed by atoms with E-state index in [9.17, 15) is 9.18 Å². The minimum atomic E-state index is -0.524. The molecule has 3 heteroatoms. The number of fused-ring (bicyclic) bond motifs is 1. The molecule has 0 atom stereocenters. The molecule has 0 amide bonds. The molecule has 0 saturated carbocycles. The van der Waals surface area contributed by atoms with E-state index in [1.165, 1.54) is 0 Å². The number of halogens is 1. The highest BCUT2D eigenvalue weighted by atomic mass is 19.1. The summed E-state index contributed by atoms with van der Waals surface area (Å²) in [6, 6.07) is 10.8. The summed E-state index contributed by atoms with van der Waals surface area (Å²) < 4.78 is 17.3. The van der Waals surface area contributed by atoms with E-state index in [4.69, 9.17) is 4.74 Å². The monoisotopic (exact) mass is 218 g/mol. The van der Waals surface area contributed by atoms with Gasteiger partial charge in [-0.2, -0.15) is 0 Å². The quantitative estimate of drug-likeness (QED) is 0.737. The van der Waals surface area contributed by atoms with Crippen LogP contribution in [0.25, 0.3) is 10.8 Å². The summed E-state index contributed by atoms with van der Waals surface area (Å²) in [5.74, 6) is 0.610. The van der Waals surface area contributed by atoms with Gasteiger partial charge in [0.15, 0.2) is 6.29 Å². The first-order valence-electron chi connectivity index (χ1n) is 5.02. The number of hydrogen-bond donors (Lipinski definition) is 0. The van der Waals surface area contributed by atoms with E-state index in [1.54, 1.807) is 12.1 Å². The van der Waals surface area contributed by atoms with Crippen molar-refractivity contribution in [1.29, 1.82) is 0 Å². The van der Waals surface area contributed by atoms with Crippen LogP contribution in [0.15, 0.2) is 36.4 Å². The lowest BCUT2D eigenvalue weighted by Crippen LogP contribution is -1.99. The van der Waals surface area contributed by atoms with Gasteiger partial charge in [0.05, 0.1) is 0 Å². The Hall–Kier alpha value is -1.90. The number of ether oxygens (including phenoxy) is 1. The molecule has 0 aliphatic heterocycles. The lowest BCUT2D eigenvalue weighted by atomic mass is 10.0. The summed E-state index contributed by atoms with van der Waals surface area (Å²) in [7, 11) is 0. The summed E-state index contributed by atoms with van der Waals surface area (Å²) in [6.45, 7) is -0.492. The molecule has 0 aliphatic rings. The highest BCUT2D eigenvalue weighted by Gasteiger charge is 2.05. The molecule has 0 saturated heterocycles. The van der Waals surface area contributed by atoms with Gasteiger partial charge in [-0.3, -0.25) is 4.79 Å². The Bertz CT molecular complexity index is 508. The number of benzene rings is 2. The van der Waals surface area contributed by atoms with Gasteiger partial charge in [0.2, 0.25) is 0 Å². The predicted octanol–water partition coefficient (Wildman–Crippen LogP) is 3.00. The molecule has 0 fully saturated rings. The third kappa shape index (κ3) is 1.89. The maximum Gasteiger partial charge on any atom is 0.150 e. The van der Waals surface area contributed by atoms with E-state index in [0.29, 0.717) is 11.3 Å². The van der Waals surface area contributed by atoms with Crippen molar-refractivity contribution >= 4 is 17.1 Å². The molecule has 2 aromatic carbocycles. The molecule has 0 aliphatic carbocycles. The molecule has 0 unspecified atom stereocenters. The number of hydrogen-bond acceptors (Lipinski definition) is 2. The minimum absolute atomic E-state index is 0.0322. The first-order chi connectivity index (χ1) is 7.86. The number of carbonyl (C=O) groups excluding carboxylic acids is 1. The second kappa shape index (κ2) is 4.75. The van der Waals surface area contributed by atoms with Crippen molar-refractivity contribution in [1.82, 2.24) is 0 Å². The van der Waals surface area contributed by atoms with Gasteiger partial charge in [-0.1, -0.05) is 24.3 Å². The maximum atomic E-state index is 12.0. The summed E-state index contributed by atoms with van der Waals surface area (Å²) in [4.78, 5) is 10.8. The first kappa shape index (κ1) is 10.6. The van der Waals surface area contributed by atoms with Crippen LogP contribution in [0.4, 0.5) is 4.39 Å². The highest BCUT2D eigenvalue weighted by Crippen LogP contribution is 2.27. The Morgan fingerprint density at radius 2 is 1.88 bits per heavy atom. The number of alkyl halides is 1. The van der Waals surface area contributed by atoms with Crippen LogP contribution in [0.1, 0.15) is 10.4 Å². The predicted molar refractivity (Wildman–Crippen MR) is 60.8 cm³/mol. The summed E-state index contributed by atoms with van der Waals surface area (Å²) in [5.41, 5.74) is 0.614. The van der Waals surface area contributed by atoms with Crippen LogP contribution >= 0.6 is 0 Å². The fourth-order valence-corrected chi connectivity index (χ4v) is 1.67. The zero-order valence-electron chi connectivity index (χ0n) is 8.65. The molecule has 2 nitrogen and oxygen atoms in total. The Balaban J connectivity index is 2.55. The molecule has 0 bridgehead atoms. The summed E-state index contributed by atoms with van der Waals surface area (Å²) in [5, 5.41) is 1.66. The zero-order chi connectivity index (χ0) is 11.4. The largest absolute Gasteiger partial charge is 0.490 e. The average molecular weight is 218 g/mol. The summed E-state index contributed by atoms with van der Waals surface area (Å²) >= 11 is 0. The van der Waals surface area contributed by atoms with Gasteiger partial charge in [0.25, 0.3) is 0 Å². The third-order valence-electron chi connectivity index (χ3n) is 2.38. The van der Waals surface area contributed by atoms with Crippen molar-refractivity contribution < 1.29 is 13.9 Å². The minimum Gasteiger partial charge on any atom is -0.490 e. The Morgan fingerprint density at radius 1 is 1.12 bits per heavy atom. The van der Waals surface area contributed by atoms with Crippen LogP contribution in [0, 0.1) is 0 Å². The van der Waals surface area contributed by atoms with Gasteiger partial charge in [0, 0.05) is 10.9 Å². The van der Waals surface area contributed by atoms with Crippen molar-refractivity contribution in [2.45, 2.75) is 0 Å². The molecule has 0 heterocycles. The molecule has 0 N–H and O–H groups in total. The van der Waals surface area contributed by atoms with Crippen molar-refractivity contribution in [3.8, 4) is 5.75 Å². The van der Waals surface area contributed by atoms with E-state index in [2.05, 4.69) is 0 Å². The number of aldehydes is 1. The molecule has 2 aromatic rings. The topological polar surface area (TPSA) is 26.3 Å². The van der Waals surface area contributed by atoms with Crippen LogP contribution in [-0.4, -0.2) is 19.6 Å². The second-order valence-electron chi connectivity index (χ2n) is 3.35. The van der Waals surface area contributed by atoms with Gasteiger partial charge in [-0.25, -0.2) is 4.39 Å². The molecular formula is C13H11FO2. The first-order valence-corrected chi connectivity index (χ1v) is 5.02. The summed E-state index contributed by atoms with van der Waals surface area (Å²) in [6.07, 6.45) is 0.807. The number of carbonyl (C=O) groups is 1. The number of rotatable bonds is 4. The molecule has 82 valence electrons. The lowest BCUT2D eigenvalue weighted by Gasteiger charge is -2.08. The molecule has 2 rings (SSSR count). The second-order valence-corrected chi connectivity index (χ2v) is 3.35. The Labute approximate surface area is 92.6 Å². The van der Waals surface area contributed by atoms with Crippen LogP contribution in [0.5, 0.6) is 5.75 Å². The van der Waals surface area contributed by atoms with E-state index in [-0.39, 0.29) is 6.61 Å². The van der Waals surface area contributed by atoms with Crippen LogP contribution < -0.4 is 4.74 Å². The van der Waals surface area contributed by atoms with E-state index in [1.807, 2.05) is 24.3 Å². The normalized spacial score (nSPS) is 10.3. The Kier molecular flexibility index (Phi) is 3.15. The highest BCUT2D eigenvalue weighted by molar-refractivity contribution is 6.00. The van der Waals surface area contributed by atoms with Crippen molar-refractivity contribution in [2.24, 2.45) is 0 Å². The lowest BCUT2D eigenvalue weighted by molar-refractivity contribution is 0.112. The van der Waals surface area contributed by atoms with Gasteiger partial charge in [0.1, 0.15) is 19.0 Å². The van der Waals surface area contributed by atoms with Gasteiger partial charge < -0.3 is 4.74 Å². The average Bonchev–Trinajstić information content (AvgIpc) is 2.36. The van der Waals surface area contributed by atoms with Crippen molar-refractivity contribution in [3.05, 3.63) is 42.0 Å². The van der Waals surface area contributed by atoms with Gasteiger partial charge >= 0.3 is 0 Å². The van der Waals surface area contributed by atoms with Gasteiger partial charge in [-0.05, 0) is 17.5 Å². The standard InChI is InChI=1S/C13H11FO2/c14-7-8-16-13-6-5-10(9-15)11-3-1-2-4-12(11)13/h1-6,9H,7-8H2. The van der Waals surface area contributed by atoms with Crippen LogP contribution in [0.2, 0.25) is 0 Å². The van der Waals surface area contributed by atoms with Crippen LogP contribution in [0.3, 0.4) is 0 Å². The molecule has 16 heavy (non-hydrogen) atoms. The molecule has 0 radical (unpaired) electrons. The van der Waals surface area contributed by atoms with Gasteiger partial charge in [-0.15, -0.1) is 0 Å². The van der Waals surface area contributed by atoms with Crippen molar-refractivity contribution in [3.63, 3.8) is 0 Å². The smallest absolute Gasteiger partial charge is 0.150 e. The van der Waals surface area contributed by atoms with E-state index >= 15 is 0 Å². The third-order valence-corrected chi connectivity index (χ3v) is 2.38. The van der Waals surface area contributed by atoms with E-state index in [0.717, 1.165) is 17.1 Å². The SMILES string of the molecule is O=Cc1ccc(OCCF)c2ccccc12. The van der Waals surface area contributed by atoms with Crippen molar-refractivity contribution in [2.75, 3.05) is 13.3 Å². The fraction of sp³-hybridized carbons (Fsp3) is 0.154. The van der Waals surface area contributed by atoms with E-state index < -0.39 is 6.67 Å². The fourth-order valence-electron chi connectivity index (χ4n) is 1.67. The Morgan fingerprint density at radius 3 is 2.56 bits per heavy atom. The molecule has 0 aromatic heterocycles. The molecule has 0 spiro atoms. The maximum absolute atomic E-state index is 12.0.